The molecule has 1 aromatic heterocycles. The smallest absolute Gasteiger partial charge is 0.250 e. The highest BCUT2D eigenvalue weighted by atomic mass is 32.2. The molecule has 1 amide bonds. The van der Waals surface area contributed by atoms with Crippen molar-refractivity contribution in [3.05, 3.63) is 17.5 Å². The van der Waals surface area contributed by atoms with Gasteiger partial charge in [0.15, 0.2) is 0 Å². The van der Waals surface area contributed by atoms with E-state index in [0.29, 0.717) is 0 Å². The van der Waals surface area contributed by atoms with E-state index in [1.165, 1.54) is 6.07 Å². The molecule has 1 aromatic rings. The lowest BCUT2D eigenvalue weighted by Crippen LogP contribution is -2.40. The topological polar surface area (TPSA) is 75.3 Å². The molecule has 0 saturated heterocycles. The van der Waals surface area contributed by atoms with Crippen LogP contribution in [-0.2, 0) is 14.8 Å². The van der Waals surface area contributed by atoms with Crippen molar-refractivity contribution in [1.82, 2.24) is 10.0 Å². The molecule has 0 spiro atoms. The Labute approximate surface area is 111 Å². The number of sulfonamides is 1. The molecular formula is C11H16N2O3S2. The molecular weight excluding hydrogens is 272 g/mol. The third-order valence-corrected chi connectivity index (χ3v) is 5.70. The molecule has 2 rings (SSSR count). The minimum absolute atomic E-state index is 0.198. The normalized spacial score (nSPS) is 16.9. The van der Waals surface area contributed by atoms with Crippen LogP contribution in [0.3, 0.4) is 0 Å². The van der Waals surface area contributed by atoms with E-state index in [4.69, 9.17) is 0 Å². The molecule has 0 aliphatic heterocycles. The third-order valence-electron chi connectivity index (χ3n) is 2.90. The molecule has 1 aliphatic carbocycles. The summed E-state index contributed by atoms with van der Waals surface area (Å²) in [6, 6.07) is 3.39. The van der Waals surface area contributed by atoms with E-state index in [0.717, 1.165) is 37.0 Å². The SMILES string of the molecule is O=C(CNS(=O)(=O)c1cccs1)NC1CCCC1. The van der Waals surface area contributed by atoms with Crippen LogP contribution in [0.2, 0.25) is 0 Å². The molecule has 0 atom stereocenters. The van der Waals surface area contributed by atoms with Gasteiger partial charge in [-0.2, -0.15) is 0 Å². The molecule has 2 N–H and O–H groups in total. The van der Waals surface area contributed by atoms with Crippen LogP contribution in [-0.4, -0.2) is 26.9 Å². The summed E-state index contributed by atoms with van der Waals surface area (Å²) in [5.74, 6) is -0.262. The zero-order valence-electron chi connectivity index (χ0n) is 9.89. The van der Waals surface area contributed by atoms with Gasteiger partial charge in [-0.1, -0.05) is 18.9 Å². The second kappa shape index (κ2) is 5.81. The standard InChI is InChI=1S/C11H16N2O3S2/c14-10(13-9-4-1-2-5-9)8-12-18(15,16)11-6-3-7-17-11/h3,6-7,9,12H,1-2,4-5,8H2,(H,13,14). The Bertz CT molecular complexity index is 490. The first-order chi connectivity index (χ1) is 8.58. The quantitative estimate of drug-likeness (QED) is 0.851. The molecule has 18 heavy (non-hydrogen) atoms. The van der Waals surface area contributed by atoms with Crippen molar-refractivity contribution < 1.29 is 13.2 Å². The minimum atomic E-state index is -3.54. The maximum Gasteiger partial charge on any atom is 0.250 e. The number of rotatable bonds is 5. The van der Waals surface area contributed by atoms with Crippen LogP contribution in [0.4, 0.5) is 0 Å². The minimum Gasteiger partial charge on any atom is -0.352 e. The van der Waals surface area contributed by atoms with Gasteiger partial charge in [0.25, 0.3) is 10.0 Å². The fraction of sp³-hybridized carbons (Fsp3) is 0.545. The summed E-state index contributed by atoms with van der Waals surface area (Å²) >= 11 is 1.13. The monoisotopic (exact) mass is 288 g/mol. The number of carbonyl (C=O) groups is 1. The summed E-state index contributed by atoms with van der Waals surface area (Å²) in [7, 11) is -3.54. The average molecular weight is 288 g/mol. The van der Waals surface area contributed by atoms with E-state index in [1.54, 1.807) is 11.4 Å². The number of thiophene rings is 1. The predicted molar refractivity (Wildman–Crippen MR) is 69.9 cm³/mol. The summed E-state index contributed by atoms with van der Waals surface area (Å²) < 4.78 is 26.0. The van der Waals surface area contributed by atoms with Crippen LogP contribution < -0.4 is 10.0 Å². The van der Waals surface area contributed by atoms with Crippen molar-refractivity contribution in [3.63, 3.8) is 0 Å². The highest BCUT2D eigenvalue weighted by Gasteiger charge is 2.19. The number of amides is 1. The zero-order valence-corrected chi connectivity index (χ0v) is 11.5. The van der Waals surface area contributed by atoms with Crippen molar-refractivity contribution in [2.24, 2.45) is 0 Å². The van der Waals surface area contributed by atoms with Gasteiger partial charge >= 0.3 is 0 Å². The van der Waals surface area contributed by atoms with Crippen molar-refractivity contribution in [2.75, 3.05) is 6.54 Å². The summed E-state index contributed by atoms with van der Waals surface area (Å²) in [5.41, 5.74) is 0. The highest BCUT2D eigenvalue weighted by molar-refractivity contribution is 7.91. The fourth-order valence-corrected chi connectivity index (χ4v) is 4.02. The van der Waals surface area contributed by atoms with Crippen LogP contribution in [0.5, 0.6) is 0 Å². The number of carbonyl (C=O) groups excluding carboxylic acids is 1. The van der Waals surface area contributed by atoms with E-state index in [-0.39, 0.29) is 22.7 Å². The molecule has 100 valence electrons. The Morgan fingerprint density at radius 2 is 2.11 bits per heavy atom. The van der Waals surface area contributed by atoms with Gasteiger partial charge in [-0.25, -0.2) is 13.1 Å². The predicted octanol–water partition coefficient (Wildman–Crippen LogP) is 1.09. The Balaban J connectivity index is 1.82. The Hall–Kier alpha value is -0.920. The second-order valence-corrected chi connectivity index (χ2v) is 7.25. The van der Waals surface area contributed by atoms with E-state index in [2.05, 4.69) is 10.0 Å². The average Bonchev–Trinajstić information content (AvgIpc) is 2.99. The molecule has 0 bridgehead atoms. The lowest BCUT2D eigenvalue weighted by atomic mass is 10.2. The molecule has 7 heteroatoms. The molecule has 1 fully saturated rings. The van der Waals surface area contributed by atoms with E-state index < -0.39 is 10.0 Å². The van der Waals surface area contributed by atoms with Gasteiger partial charge in [-0.15, -0.1) is 11.3 Å². The van der Waals surface area contributed by atoms with E-state index in [9.17, 15) is 13.2 Å². The summed E-state index contributed by atoms with van der Waals surface area (Å²) in [4.78, 5) is 11.6. The summed E-state index contributed by atoms with van der Waals surface area (Å²) in [5, 5.41) is 4.52. The fourth-order valence-electron chi connectivity index (χ4n) is 2.00. The first-order valence-electron chi connectivity index (χ1n) is 5.90. The van der Waals surface area contributed by atoms with Crippen LogP contribution in [0.15, 0.2) is 21.7 Å². The first-order valence-corrected chi connectivity index (χ1v) is 8.27. The van der Waals surface area contributed by atoms with Crippen LogP contribution >= 0.6 is 11.3 Å². The molecule has 0 radical (unpaired) electrons. The molecule has 1 saturated carbocycles. The third kappa shape index (κ3) is 3.54. The van der Waals surface area contributed by atoms with Gasteiger partial charge in [-0.05, 0) is 24.3 Å². The van der Waals surface area contributed by atoms with Gasteiger partial charge in [0.1, 0.15) is 4.21 Å². The lowest BCUT2D eigenvalue weighted by Gasteiger charge is -2.12. The van der Waals surface area contributed by atoms with Gasteiger partial charge < -0.3 is 5.32 Å². The maximum absolute atomic E-state index is 11.8. The van der Waals surface area contributed by atoms with E-state index >= 15 is 0 Å². The Kier molecular flexibility index (Phi) is 4.36. The molecule has 1 aliphatic rings. The highest BCUT2D eigenvalue weighted by Crippen LogP contribution is 2.17. The van der Waals surface area contributed by atoms with Gasteiger partial charge in [0.2, 0.25) is 5.91 Å². The van der Waals surface area contributed by atoms with Gasteiger partial charge in [0.05, 0.1) is 6.54 Å². The molecule has 0 unspecified atom stereocenters. The van der Waals surface area contributed by atoms with Crippen molar-refractivity contribution in [1.29, 1.82) is 0 Å². The van der Waals surface area contributed by atoms with Gasteiger partial charge in [0, 0.05) is 6.04 Å². The number of nitrogens with one attached hydrogen (secondary N) is 2. The lowest BCUT2D eigenvalue weighted by molar-refractivity contribution is -0.120. The van der Waals surface area contributed by atoms with Gasteiger partial charge in [-0.3, -0.25) is 4.79 Å². The number of hydrogen-bond donors (Lipinski definition) is 2. The second-order valence-electron chi connectivity index (χ2n) is 4.31. The Morgan fingerprint density at radius 3 is 2.72 bits per heavy atom. The summed E-state index contributed by atoms with van der Waals surface area (Å²) in [6.07, 6.45) is 4.24. The number of hydrogen-bond acceptors (Lipinski definition) is 4. The van der Waals surface area contributed by atoms with Crippen molar-refractivity contribution in [2.45, 2.75) is 35.9 Å². The Morgan fingerprint density at radius 1 is 1.39 bits per heavy atom. The van der Waals surface area contributed by atoms with Crippen LogP contribution in [0.25, 0.3) is 0 Å². The first kappa shape index (κ1) is 13.5. The maximum atomic E-state index is 11.8. The summed E-state index contributed by atoms with van der Waals surface area (Å²) in [6.45, 7) is -0.198. The largest absolute Gasteiger partial charge is 0.352 e. The molecule has 5 nitrogen and oxygen atoms in total. The molecule has 1 heterocycles. The van der Waals surface area contributed by atoms with Crippen molar-refractivity contribution >= 4 is 27.3 Å². The van der Waals surface area contributed by atoms with Crippen LogP contribution in [0.1, 0.15) is 25.7 Å². The molecule has 0 aromatic carbocycles. The van der Waals surface area contributed by atoms with Crippen molar-refractivity contribution in [3.8, 4) is 0 Å². The van der Waals surface area contributed by atoms with Crippen LogP contribution in [0, 0.1) is 0 Å². The zero-order chi connectivity index (χ0) is 13.0. The van der Waals surface area contributed by atoms with E-state index in [1.807, 2.05) is 0 Å².